The van der Waals surface area contributed by atoms with Gasteiger partial charge in [-0.25, -0.2) is 4.68 Å². The van der Waals surface area contributed by atoms with E-state index in [1.807, 2.05) is 18.3 Å². The van der Waals surface area contributed by atoms with Crippen molar-refractivity contribution in [1.29, 1.82) is 0 Å². The number of hydrogen-bond donors (Lipinski definition) is 1. The fourth-order valence-electron chi connectivity index (χ4n) is 0.979. The van der Waals surface area contributed by atoms with E-state index < -0.39 is 0 Å². The Labute approximate surface area is 69.7 Å². The van der Waals surface area contributed by atoms with Gasteiger partial charge in [0.15, 0.2) is 0 Å². The molecule has 60 valence electrons. The van der Waals surface area contributed by atoms with Gasteiger partial charge in [-0.3, -0.25) is 4.98 Å². The van der Waals surface area contributed by atoms with E-state index in [0.29, 0.717) is 5.82 Å². The molecule has 0 aliphatic carbocycles. The molecule has 4 nitrogen and oxygen atoms in total. The number of hydrogen-bond acceptors (Lipinski definition) is 3. The Morgan fingerprint density at radius 1 is 1.17 bits per heavy atom. The van der Waals surface area contributed by atoms with Gasteiger partial charge in [-0.15, -0.1) is 0 Å². The van der Waals surface area contributed by atoms with Crippen LogP contribution in [0.1, 0.15) is 0 Å². The number of pyridine rings is 1. The maximum atomic E-state index is 5.47. The Hall–Kier alpha value is -1.84. The molecule has 2 rings (SSSR count). The summed E-state index contributed by atoms with van der Waals surface area (Å²) in [7, 11) is 0. The molecule has 4 heteroatoms. The van der Waals surface area contributed by atoms with Gasteiger partial charge in [0, 0.05) is 24.7 Å². The summed E-state index contributed by atoms with van der Waals surface area (Å²) in [6.07, 6.45) is 5.24. The van der Waals surface area contributed by atoms with Crippen LogP contribution < -0.4 is 5.73 Å². The third-order valence-corrected chi connectivity index (χ3v) is 1.54. The largest absolute Gasteiger partial charge is 0.382 e. The molecule has 0 saturated carbocycles. The van der Waals surface area contributed by atoms with Crippen molar-refractivity contribution in [2.45, 2.75) is 0 Å². The van der Waals surface area contributed by atoms with Crippen LogP contribution in [0.15, 0.2) is 36.8 Å². The highest BCUT2D eigenvalue weighted by Gasteiger charge is 1.95. The van der Waals surface area contributed by atoms with E-state index in [4.69, 9.17) is 5.73 Å². The SMILES string of the molecule is Nc1ccn(-c2ccncc2)n1. The molecule has 0 fully saturated rings. The minimum Gasteiger partial charge on any atom is -0.382 e. The molecule has 0 aromatic carbocycles. The van der Waals surface area contributed by atoms with Crippen LogP contribution >= 0.6 is 0 Å². The fourth-order valence-corrected chi connectivity index (χ4v) is 0.979. The molecule has 2 N–H and O–H groups in total. The monoisotopic (exact) mass is 160 g/mol. The summed E-state index contributed by atoms with van der Waals surface area (Å²) in [5, 5.41) is 4.05. The molecule has 0 aliphatic heterocycles. The first kappa shape index (κ1) is 6.84. The van der Waals surface area contributed by atoms with Crippen LogP contribution in [0.5, 0.6) is 0 Å². The van der Waals surface area contributed by atoms with Gasteiger partial charge >= 0.3 is 0 Å². The highest BCUT2D eigenvalue weighted by Crippen LogP contribution is 2.05. The quantitative estimate of drug-likeness (QED) is 0.672. The van der Waals surface area contributed by atoms with Crippen LogP contribution in [0.2, 0.25) is 0 Å². The highest BCUT2D eigenvalue weighted by atomic mass is 15.3. The van der Waals surface area contributed by atoms with Crippen molar-refractivity contribution < 1.29 is 0 Å². The second kappa shape index (κ2) is 2.65. The summed E-state index contributed by atoms with van der Waals surface area (Å²) in [6, 6.07) is 5.49. The lowest BCUT2D eigenvalue weighted by Crippen LogP contribution is -1.95. The zero-order valence-corrected chi connectivity index (χ0v) is 6.38. The summed E-state index contributed by atoms with van der Waals surface area (Å²) < 4.78 is 1.71. The van der Waals surface area contributed by atoms with Crippen molar-refractivity contribution in [3.63, 3.8) is 0 Å². The lowest BCUT2D eigenvalue weighted by Gasteiger charge is -1.97. The van der Waals surface area contributed by atoms with E-state index in [1.165, 1.54) is 0 Å². The van der Waals surface area contributed by atoms with Gasteiger partial charge in [0.1, 0.15) is 5.82 Å². The van der Waals surface area contributed by atoms with Crippen LogP contribution in [-0.2, 0) is 0 Å². The van der Waals surface area contributed by atoms with Crippen LogP contribution in [0.3, 0.4) is 0 Å². The van der Waals surface area contributed by atoms with Gasteiger partial charge in [0.2, 0.25) is 0 Å². The first-order valence-electron chi connectivity index (χ1n) is 3.58. The summed E-state index contributed by atoms with van der Waals surface area (Å²) in [6.45, 7) is 0. The number of aromatic nitrogens is 3. The number of anilines is 1. The summed E-state index contributed by atoms with van der Waals surface area (Å²) in [5.74, 6) is 0.520. The topological polar surface area (TPSA) is 56.7 Å². The molecule has 12 heavy (non-hydrogen) atoms. The number of nitrogens with two attached hydrogens (primary N) is 1. The third kappa shape index (κ3) is 1.14. The van der Waals surface area contributed by atoms with Crippen molar-refractivity contribution in [3.8, 4) is 5.69 Å². The molecule has 0 saturated heterocycles. The molecule has 2 aromatic rings. The Balaban J connectivity index is 2.45. The van der Waals surface area contributed by atoms with Crippen molar-refractivity contribution >= 4 is 5.82 Å². The predicted octanol–water partition coefficient (Wildman–Crippen LogP) is 0.849. The van der Waals surface area contributed by atoms with E-state index in [2.05, 4.69) is 10.1 Å². The molecule has 0 bridgehead atoms. The zero-order chi connectivity index (χ0) is 8.39. The van der Waals surface area contributed by atoms with Crippen molar-refractivity contribution in [2.75, 3.05) is 5.73 Å². The van der Waals surface area contributed by atoms with Gasteiger partial charge in [-0.05, 0) is 12.1 Å². The second-order valence-corrected chi connectivity index (χ2v) is 2.39. The van der Waals surface area contributed by atoms with Gasteiger partial charge in [0.05, 0.1) is 5.69 Å². The number of nitrogens with zero attached hydrogens (tertiary/aromatic N) is 3. The average Bonchev–Trinajstić information content (AvgIpc) is 2.54. The molecule has 0 amide bonds. The van der Waals surface area contributed by atoms with Crippen molar-refractivity contribution in [3.05, 3.63) is 36.8 Å². The lowest BCUT2D eigenvalue weighted by atomic mass is 10.4. The Bertz CT molecular complexity index is 366. The highest BCUT2D eigenvalue weighted by molar-refractivity contribution is 5.32. The average molecular weight is 160 g/mol. The van der Waals surface area contributed by atoms with E-state index in [0.717, 1.165) is 5.69 Å². The van der Waals surface area contributed by atoms with Crippen molar-refractivity contribution in [1.82, 2.24) is 14.8 Å². The molecule has 0 atom stereocenters. The van der Waals surface area contributed by atoms with E-state index >= 15 is 0 Å². The lowest BCUT2D eigenvalue weighted by molar-refractivity contribution is 0.883. The maximum Gasteiger partial charge on any atom is 0.145 e. The smallest absolute Gasteiger partial charge is 0.145 e. The number of rotatable bonds is 1. The van der Waals surface area contributed by atoms with Crippen LogP contribution in [0.25, 0.3) is 5.69 Å². The van der Waals surface area contributed by atoms with Gasteiger partial charge in [-0.2, -0.15) is 5.10 Å². The third-order valence-electron chi connectivity index (χ3n) is 1.54. The summed E-state index contributed by atoms with van der Waals surface area (Å²) >= 11 is 0. The summed E-state index contributed by atoms with van der Waals surface area (Å²) in [5.41, 5.74) is 6.43. The minimum atomic E-state index is 0.520. The van der Waals surface area contributed by atoms with Gasteiger partial charge in [0.25, 0.3) is 0 Å². The minimum absolute atomic E-state index is 0.520. The Kier molecular flexibility index (Phi) is 1.51. The van der Waals surface area contributed by atoms with Gasteiger partial charge in [-0.1, -0.05) is 0 Å². The summed E-state index contributed by atoms with van der Waals surface area (Å²) in [4.78, 5) is 3.91. The maximum absolute atomic E-state index is 5.47. The number of nitrogen functional groups attached to an aromatic ring is 1. The van der Waals surface area contributed by atoms with E-state index in [1.54, 1.807) is 23.1 Å². The van der Waals surface area contributed by atoms with Gasteiger partial charge < -0.3 is 5.73 Å². The Morgan fingerprint density at radius 2 is 1.92 bits per heavy atom. The molecule has 0 spiro atoms. The first-order chi connectivity index (χ1) is 5.86. The fraction of sp³-hybridized carbons (Fsp3) is 0. The van der Waals surface area contributed by atoms with E-state index in [-0.39, 0.29) is 0 Å². The van der Waals surface area contributed by atoms with Crippen LogP contribution in [-0.4, -0.2) is 14.8 Å². The van der Waals surface area contributed by atoms with Crippen molar-refractivity contribution in [2.24, 2.45) is 0 Å². The normalized spacial score (nSPS) is 10.0. The molecular formula is C8H8N4. The molecule has 2 heterocycles. The molecule has 2 aromatic heterocycles. The second-order valence-electron chi connectivity index (χ2n) is 2.39. The Morgan fingerprint density at radius 3 is 2.50 bits per heavy atom. The van der Waals surface area contributed by atoms with Crippen LogP contribution in [0, 0.1) is 0 Å². The van der Waals surface area contributed by atoms with E-state index in [9.17, 15) is 0 Å². The first-order valence-corrected chi connectivity index (χ1v) is 3.58. The molecular weight excluding hydrogens is 152 g/mol. The predicted molar refractivity (Wildman–Crippen MR) is 45.8 cm³/mol. The zero-order valence-electron chi connectivity index (χ0n) is 6.38. The van der Waals surface area contributed by atoms with Crippen LogP contribution in [0.4, 0.5) is 5.82 Å². The molecule has 0 radical (unpaired) electrons. The standard InChI is InChI=1S/C8H8N4/c9-8-3-6-12(11-8)7-1-4-10-5-2-7/h1-6H,(H2,9,11). The molecule has 0 aliphatic rings. The molecule has 0 unspecified atom stereocenters.